The topological polar surface area (TPSA) is 82.8 Å². The maximum absolute atomic E-state index is 13.5. The van der Waals surface area contributed by atoms with Crippen LogP contribution in [0.1, 0.15) is 53.4 Å². The van der Waals surface area contributed by atoms with Gasteiger partial charge in [0.1, 0.15) is 5.41 Å². The highest BCUT2D eigenvalue weighted by Crippen LogP contribution is 2.83. The number of fused-ring (bicyclic) bond motifs is 2. The maximum atomic E-state index is 13.5. The summed E-state index contributed by atoms with van der Waals surface area (Å²) in [4.78, 5) is 15.8. The van der Waals surface area contributed by atoms with Crippen LogP contribution in [0.15, 0.2) is 24.3 Å². The molecule has 6 heteroatoms. The van der Waals surface area contributed by atoms with Crippen LogP contribution in [0.4, 0.5) is 0 Å². The molecule has 6 nitrogen and oxygen atoms in total. The average Bonchev–Trinajstić information content (AvgIpc) is 3.35. The first-order valence-corrected chi connectivity index (χ1v) is 13.1. The van der Waals surface area contributed by atoms with Gasteiger partial charge in [0.05, 0.1) is 24.2 Å². The average molecular weight is 469 g/mol. The lowest BCUT2D eigenvalue weighted by molar-refractivity contribution is -0.234. The van der Waals surface area contributed by atoms with Crippen LogP contribution in [0.2, 0.25) is 0 Å². The zero-order chi connectivity index (χ0) is 24.5. The SMILES string of the molecule is C=CCN1C[C@H](OCC23C[C@@H]4[C@H](C)CC[C@H]4[C@@]4(C#N)C[C@H]2C=C(C(C)C)[C@@]34C(=O)O)O[C@H](C)C1. The number of carboxylic acid groups (broad SMARTS) is 1. The second kappa shape index (κ2) is 8.18. The van der Waals surface area contributed by atoms with Gasteiger partial charge >= 0.3 is 5.97 Å². The molecule has 0 spiro atoms. The number of aliphatic carboxylic acids is 1. The number of hydrogen-bond acceptors (Lipinski definition) is 5. The van der Waals surface area contributed by atoms with Crippen molar-refractivity contribution in [2.45, 2.75) is 65.8 Å². The van der Waals surface area contributed by atoms with Crippen molar-refractivity contribution < 1.29 is 19.4 Å². The molecule has 1 heterocycles. The first-order valence-electron chi connectivity index (χ1n) is 13.1. The standard InChI is InChI=1S/C28H40N2O4/c1-6-9-30-13-19(5)34-24(14-30)33-16-27-12-21-18(4)7-8-22(21)26(15-29)11-20(27)10-23(17(2)3)28(26,27)25(31)32/h6,10,17-22,24H,1,7-9,11-14,16H2,2-5H3,(H,31,32)/t18-,19-,20-,21-,22-,24-,26+,27?,28+/m1/s1. The third kappa shape index (κ3) is 2.87. The Balaban J connectivity index is 1.56. The fourth-order valence-corrected chi connectivity index (χ4v) is 9.20. The lowest BCUT2D eigenvalue weighted by Gasteiger charge is -2.57. The summed E-state index contributed by atoms with van der Waals surface area (Å²) in [6, 6.07) is 2.71. The quantitative estimate of drug-likeness (QED) is 0.555. The highest BCUT2D eigenvalue weighted by Gasteiger charge is 2.84. The van der Waals surface area contributed by atoms with Gasteiger partial charge in [-0.25, -0.2) is 0 Å². The Morgan fingerprint density at radius 3 is 2.79 bits per heavy atom. The molecule has 4 bridgehead atoms. The Bertz CT molecular complexity index is 939. The molecule has 186 valence electrons. The number of rotatable bonds is 7. The normalized spacial score (nSPS) is 47.4. The molecule has 1 unspecified atom stereocenters. The van der Waals surface area contributed by atoms with Crippen molar-refractivity contribution in [2.75, 3.05) is 26.2 Å². The molecule has 0 aromatic heterocycles. The van der Waals surface area contributed by atoms with Gasteiger partial charge in [-0.1, -0.05) is 44.9 Å². The van der Waals surface area contributed by atoms with E-state index < -0.39 is 28.5 Å². The number of hydrogen-bond donors (Lipinski definition) is 1. The summed E-state index contributed by atoms with van der Waals surface area (Å²) in [7, 11) is 0. The van der Waals surface area contributed by atoms with Crippen molar-refractivity contribution in [2.24, 2.45) is 45.8 Å². The van der Waals surface area contributed by atoms with Crippen molar-refractivity contribution in [3.05, 3.63) is 24.3 Å². The van der Waals surface area contributed by atoms with Crippen LogP contribution in [0.3, 0.4) is 0 Å². The smallest absolute Gasteiger partial charge is 0.316 e. The summed E-state index contributed by atoms with van der Waals surface area (Å²) in [5.41, 5.74) is -1.67. The molecule has 0 aromatic rings. The first-order chi connectivity index (χ1) is 16.2. The van der Waals surface area contributed by atoms with E-state index in [0.29, 0.717) is 31.4 Å². The summed E-state index contributed by atoms with van der Waals surface area (Å²) in [5, 5.41) is 21.8. The summed E-state index contributed by atoms with van der Waals surface area (Å²) in [6.45, 7) is 15.0. The van der Waals surface area contributed by atoms with Gasteiger partial charge in [-0.15, -0.1) is 6.58 Å². The molecular weight excluding hydrogens is 428 g/mol. The van der Waals surface area contributed by atoms with Crippen LogP contribution < -0.4 is 0 Å². The molecule has 0 amide bonds. The number of ether oxygens (including phenoxy) is 2. The van der Waals surface area contributed by atoms with E-state index in [1.165, 1.54) is 0 Å². The molecule has 34 heavy (non-hydrogen) atoms. The summed E-state index contributed by atoms with van der Waals surface area (Å²) in [6.07, 6.45) is 7.28. The van der Waals surface area contributed by atoms with Crippen LogP contribution >= 0.6 is 0 Å². The second-order valence-electron chi connectivity index (χ2n) is 12.1. The fourth-order valence-electron chi connectivity index (χ4n) is 9.20. The van der Waals surface area contributed by atoms with Crippen molar-refractivity contribution in [1.82, 2.24) is 4.90 Å². The van der Waals surface area contributed by atoms with Crippen LogP contribution in [-0.4, -0.2) is 54.6 Å². The lowest BCUT2D eigenvalue weighted by Crippen LogP contribution is -2.63. The number of allylic oxidation sites excluding steroid dienone is 1. The Hall–Kier alpha value is -1.68. The van der Waals surface area contributed by atoms with Crippen molar-refractivity contribution in [3.63, 3.8) is 0 Å². The third-order valence-corrected chi connectivity index (χ3v) is 10.3. The van der Waals surface area contributed by atoms with Gasteiger partial charge in [0, 0.05) is 25.0 Å². The van der Waals surface area contributed by atoms with Gasteiger partial charge < -0.3 is 14.6 Å². The minimum Gasteiger partial charge on any atom is -0.481 e. The fraction of sp³-hybridized carbons (Fsp3) is 0.786. The summed E-state index contributed by atoms with van der Waals surface area (Å²) >= 11 is 0. The maximum Gasteiger partial charge on any atom is 0.316 e. The minimum absolute atomic E-state index is 0.0399. The molecule has 0 aromatic carbocycles. The van der Waals surface area contributed by atoms with Gasteiger partial charge in [0.25, 0.3) is 0 Å². The number of nitriles is 1. The van der Waals surface area contributed by atoms with Crippen molar-refractivity contribution >= 4 is 5.97 Å². The van der Waals surface area contributed by atoms with Crippen LogP contribution in [-0.2, 0) is 14.3 Å². The van der Waals surface area contributed by atoms with Gasteiger partial charge in [-0.2, -0.15) is 5.26 Å². The predicted octanol–water partition coefficient (Wildman–Crippen LogP) is 4.49. The Kier molecular flexibility index (Phi) is 5.78. The Morgan fingerprint density at radius 1 is 1.38 bits per heavy atom. The van der Waals surface area contributed by atoms with E-state index in [2.05, 4.69) is 44.4 Å². The number of carbonyl (C=O) groups is 1. The molecule has 4 aliphatic carbocycles. The van der Waals surface area contributed by atoms with Gasteiger partial charge in [-0.3, -0.25) is 9.69 Å². The van der Waals surface area contributed by atoms with E-state index in [9.17, 15) is 15.2 Å². The number of carboxylic acids is 1. The van der Waals surface area contributed by atoms with E-state index in [0.717, 1.165) is 37.9 Å². The molecule has 0 radical (unpaired) electrons. The molecule has 5 rings (SSSR count). The largest absolute Gasteiger partial charge is 0.481 e. The first kappa shape index (κ1) is 24.0. The van der Waals surface area contributed by atoms with Crippen LogP contribution in [0, 0.1) is 57.2 Å². The molecule has 5 aliphatic rings. The van der Waals surface area contributed by atoms with E-state index >= 15 is 0 Å². The van der Waals surface area contributed by atoms with Crippen LogP contribution in [0.5, 0.6) is 0 Å². The Morgan fingerprint density at radius 2 is 2.15 bits per heavy atom. The van der Waals surface area contributed by atoms with Crippen LogP contribution in [0.25, 0.3) is 0 Å². The van der Waals surface area contributed by atoms with E-state index in [4.69, 9.17) is 9.47 Å². The molecule has 3 saturated carbocycles. The van der Waals surface area contributed by atoms with E-state index in [-0.39, 0.29) is 23.9 Å². The number of morpholine rings is 1. The monoisotopic (exact) mass is 468 g/mol. The number of nitrogens with zero attached hydrogens (tertiary/aromatic N) is 2. The van der Waals surface area contributed by atoms with Gasteiger partial charge in [0.2, 0.25) is 0 Å². The second-order valence-corrected chi connectivity index (χ2v) is 12.1. The summed E-state index contributed by atoms with van der Waals surface area (Å²) in [5.74, 6) is 0.364. The van der Waals surface area contributed by atoms with Crippen molar-refractivity contribution in [1.29, 1.82) is 5.26 Å². The minimum atomic E-state index is -1.18. The summed E-state index contributed by atoms with van der Waals surface area (Å²) < 4.78 is 12.7. The lowest BCUT2D eigenvalue weighted by atomic mass is 9.43. The molecule has 9 atom stereocenters. The predicted molar refractivity (Wildman–Crippen MR) is 128 cm³/mol. The zero-order valence-electron chi connectivity index (χ0n) is 21.1. The molecule has 4 fully saturated rings. The third-order valence-electron chi connectivity index (χ3n) is 10.3. The highest BCUT2D eigenvalue weighted by atomic mass is 16.7. The van der Waals surface area contributed by atoms with Gasteiger partial charge in [0.15, 0.2) is 6.29 Å². The molecule has 1 aliphatic heterocycles. The van der Waals surface area contributed by atoms with Crippen molar-refractivity contribution in [3.8, 4) is 6.07 Å². The Labute approximate surface area is 204 Å². The molecule has 1 N–H and O–H groups in total. The zero-order valence-corrected chi connectivity index (χ0v) is 21.1. The highest BCUT2D eigenvalue weighted by molar-refractivity contribution is 5.85. The van der Waals surface area contributed by atoms with E-state index in [1.54, 1.807) is 0 Å². The van der Waals surface area contributed by atoms with Gasteiger partial charge in [-0.05, 0) is 55.8 Å². The van der Waals surface area contributed by atoms with E-state index in [1.807, 2.05) is 13.0 Å². The molecule has 1 saturated heterocycles. The molecular formula is C28H40N2O4.